The van der Waals surface area contributed by atoms with Crippen molar-refractivity contribution >= 4 is 22.1 Å². The van der Waals surface area contributed by atoms with Crippen molar-refractivity contribution in [2.75, 3.05) is 19.1 Å². The van der Waals surface area contributed by atoms with E-state index in [1.807, 2.05) is 6.07 Å². The first-order chi connectivity index (χ1) is 11.9. The monoisotopic (exact) mass is 362 g/mol. The van der Waals surface area contributed by atoms with Gasteiger partial charge in [-0.05, 0) is 35.9 Å². The van der Waals surface area contributed by atoms with Gasteiger partial charge in [0.2, 0.25) is 10.0 Å². The molecule has 0 bridgehead atoms. The first kappa shape index (κ1) is 18.4. The van der Waals surface area contributed by atoms with Crippen molar-refractivity contribution in [2.24, 2.45) is 10.2 Å². The van der Waals surface area contributed by atoms with Crippen LogP contribution in [-0.2, 0) is 10.0 Å². The van der Waals surface area contributed by atoms with Crippen LogP contribution in [0.5, 0.6) is 11.5 Å². The third-order valence-electron chi connectivity index (χ3n) is 3.00. The first-order valence-corrected chi connectivity index (χ1v) is 8.68. The SMILES string of the molecule is C=CCOc1ccc(/C=N/Nc2ccc(S(N)(=O)=O)cn2)cc1OC. The molecule has 2 aromatic rings. The lowest BCUT2D eigenvalue weighted by Gasteiger charge is -2.09. The van der Waals surface area contributed by atoms with E-state index in [-0.39, 0.29) is 4.90 Å². The number of rotatable bonds is 8. The molecule has 0 spiro atoms. The van der Waals surface area contributed by atoms with Crippen LogP contribution in [-0.4, -0.2) is 33.3 Å². The van der Waals surface area contributed by atoms with Gasteiger partial charge < -0.3 is 9.47 Å². The lowest BCUT2D eigenvalue weighted by Crippen LogP contribution is -2.12. The van der Waals surface area contributed by atoms with E-state index in [2.05, 4.69) is 22.1 Å². The molecule has 0 saturated carbocycles. The fraction of sp³-hybridized carbons (Fsp3) is 0.125. The first-order valence-electron chi connectivity index (χ1n) is 7.13. The van der Waals surface area contributed by atoms with E-state index < -0.39 is 10.0 Å². The van der Waals surface area contributed by atoms with Gasteiger partial charge in [0.1, 0.15) is 17.3 Å². The van der Waals surface area contributed by atoms with Crippen LogP contribution >= 0.6 is 0 Å². The van der Waals surface area contributed by atoms with Gasteiger partial charge in [-0.3, -0.25) is 5.43 Å². The number of nitrogens with zero attached hydrogens (tertiary/aromatic N) is 2. The van der Waals surface area contributed by atoms with Crippen molar-refractivity contribution in [3.8, 4) is 11.5 Å². The van der Waals surface area contributed by atoms with Crippen molar-refractivity contribution in [3.05, 3.63) is 54.7 Å². The Morgan fingerprint density at radius 2 is 2.12 bits per heavy atom. The van der Waals surface area contributed by atoms with Crippen molar-refractivity contribution < 1.29 is 17.9 Å². The number of hydrazone groups is 1. The van der Waals surface area contributed by atoms with Crippen LogP contribution < -0.4 is 20.0 Å². The van der Waals surface area contributed by atoms with Gasteiger partial charge in [-0.2, -0.15) is 5.10 Å². The third-order valence-corrected chi connectivity index (χ3v) is 3.90. The topological polar surface area (TPSA) is 116 Å². The van der Waals surface area contributed by atoms with Gasteiger partial charge in [-0.1, -0.05) is 12.7 Å². The average molecular weight is 362 g/mol. The van der Waals surface area contributed by atoms with Crippen molar-refractivity contribution in [1.82, 2.24) is 4.98 Å². The average Bonchev–Trinajstić information content (AvgIpc) is 2.60. The number of methoxy groups -OCH3 is 1. The Morgan fingerprint density at radius 3 is 2.72 bits per heavy atom. The highest BCUT2D eigenvalue weighted by Gasteiger charge is 2.07. The molecule has 0 radical (unpaired) electrons. The van der Waals surface area contributed by atoms with Gasteiger partial charge in [0.05, 0.1) is 13.3 Å². The highest BCUT2D eigenvalue weighted by Crippen LogP contribution is 2.27. The summed E-state index contributed by atoms with van der Waals surface area (Å²) >= 11 is 0. The van der Waals surface area contributed by atoms with Crippen molar-refractivity contribution in [1.29, 1.82) is 0 Å². The predicted molar refractivity (Wildman–Crippen MR) is 95.5 cm³/mol. The minimum absolute atomic E-state index is 0.0677. The van der Waals surface area contributed by atoms with E-state index in [0.717, 1.165) is 11.8 Å². The molecule has 1 aromatic carbocycles. The van der Waals surface area contributed by atoms with Gasteiger partial charge in [0.15, 0.2) is 11.5 Å². The largest absolute Gasteiger partial charge is 0.493 e. The van der Waals surface area contributed by atoms with Crippen LogP contribution in [0.15, 0.2) is 59.2 Å². The van der Waals surface area contributed by atoms with Crippen LogP contribution in [0.2, 0.25) is 0 Å². The normalized spacial score (nSPS) is 11.3. The Bertz CT molecular complexity index is 864. The second-order valence-electron chi connectivity index (χ2n) is 4.80. The van der Waals surface area contributed by atoms with Gasteiger partial charge in [0.25, 0.3) is 0 Å². The van der Waals surface area contributed by atoms with Crippen LogP contribution in [0.4, 0.5) is 5.82 Å². The molecule has 2 rings (SSSR count). The molecule has 0 aliphatic heterocycles. The summed E-state index contributed by atoms with van der Waals surface area (Å²) in [6.45, 7) is 3.98. The highest BCUT2D eigenvalue weighted by molar-refractivity contribution is 7.89. The van der Waals surface area contributed by atoms with Gasteiger partial charge in [-0.25, -0.2) is 18.5 Å². The summed E-state index contributed by atoms with van der Waals surface area (Å²) in [6.07, 6.45) is 4.37. The van der Waals surface area contributed by atoms with Crippen LogP contribution in [0.3, 0.4) is 0 Å². The fourth-order valence-corrected chi connectivity index (χ4v) is 2.28. The lowest BCUT2D eigenvalue weighted by molar-refractivity contribution is 0.326. The zero-order valence-electron chi connectivity index (χ0n) is 13.5. The summed E-state index contributed by atoms with van der Waals surface area (Å²) in [5.41, 5.74) is 3.47. The number of pyridine rings is 1. The molecule has 3 N–H and O–H groups in total. The lowest BCUT2D eigenvalue weighted by atomic mass is 10.2. The standard InChI is InChI=1S/C16H18N4O4S/c1-3-8-24-14-6-4-12(9-15(14)23-2)10-19-20-16-7-5-13(11-18-16)25(17,21)22/h3-7,9-11H,1,8H2,2H3,(H,18,20)(H2,17,21,22)/b19-10+. The Labute approximate surface area is 146 Å². The summed E-state index contributed by atoms with van der Waals surface area (Å²) in [4.78, 5) is 3.85. The molecular weight excluding hydrogens is 344 g/mol. The maximum Gasteiger partial charge on any atom is 0.239 e. The smallest absolute Gasteiger partial charge is 0.239 e. The minimum Gasteiger partial charge on any atom is -0.493 e. The summed E-state index contributed by atoms with van der Waals surface area (Å²) in [5.74, 6) is 1.55. The highest BCUT2D eigenvalue weighted by atomic mass is 32.2. The van der Waals surface area contributed by atoms with Gasteiger partial charge >= 0.3 is 0 Å². The van der Waals surface area contributed by atoms with Crippen molar-refractivity contribution in [3.63, 3.8) is 0 Å². The van der Waals surface area contributed by atoms with Crippen LogP contribution in [0, 0.1) is 0 Å². The van der Waals surface area contributed by atoms with E-state index in [1.54, 1.807) is 31.5 Å². The maximum absolute atomic E-state index is 11.2. The molecule has 0 aliphatic rings. The second-order valence-corrected chi connectivity index (χ2v) is 6.37. The van der Waals surface area contributed by atoms with Gasteiger partial charge in [-0.15, -0.1) is 0 Å². The van der Waals surface area contributed by atoms with E-state index >= 15 is 0 Å². The third kappa shape index (κ3) is 5.30. The molecule has 0 unspecified atom stereocenters. The second kappa shape index (κ2) is 8.27. The van der Waals surface area contributed by atoms with E-state index in [1.165, 1.54) is 12.1 Å². The quantitative estimate of drug-likeness (QED) is 0.420. The summed E-state index contributed by atoms with van der Waals surface area (Å²) in [7, 11) is -2.21. The molecular formula is C16H18N4O4S. The molecule has 0 amide bonds. The summed E-state index contributed by atoms with van der Waals surface area (Å²) < 4.78 is 33.1. The molecule has 1 aromatic heterocycles. The molecule has 132 valence electrons. The van der Waals surface area contributed by atoms with Gasteiger partial charge in [0, 0.05) is 6.20 Å². The zero-order chi connectivity index (χ0) is 18.3. The Balaban J connectivity index is 2.05. The molecule has 0 saturated heterocycles. The number of nitrogens with one attached hydrogen (secondary N) is 1. The zero-order valence-corrected chi connectivity index (χ0v) is 14.4. The van der Waals surface area contributed by atoms with E-state index in [4.69, 9.17) is 14.6 Å². The maximum atomic E-state index is 11.2. The number of ether oxygens (including phenoxy) is 2. The van der Waals surface area contributed by atoms with Crippen LogP contribution in [0.1, 0.15) is 5.56 Å². The number of hydrogen-bond donors (Lipinski definition) is 2. The summed E-state index contributed by atoms with van der Waals surface area (Å²) in [6, 6.07) is 8.15. The Morgan fingerprint density at radius 1 is 1.32 bits per heavy atom. The number of benzene rings is 1. The molecule has 8 nitrogen and oxygen atoms in total. The molecule has 1 heterocycles. The number of aromatic nitrogens is 1. The van der Waals surface area contributed by atoms with Crippen LogP contribution in [0.25, 0.3) is 0 Å². The molecule has 0 aliphatic carbocycles. The molecule has 25 heavy (non-hydrogen) atoms. The predicted octanol–water partition coefficient (Wildman–Crippen LogP) is 1.75. The fourth-order valence-electron chi connectivity index (χ4n) is 1.82. The number of sulfonamides is 1. The molecule has 0 fully saturated rings. The van der Waals surface area contributed by atoms with E-state index in [0.29, 0.717) is 23.9 Å². The van der Waals surface area contributed by atoms with E-state index in [9.17, 15) is 8.42 Å². The Hall–Kier alpha value is -2.91. The Kier molecular flexibility index (Phi) is 6.09. The number of nitrogens with two attached hydrogens (primary N) is 1. The molecule has 9 heteroatoms. The summed E-state index contributed by atoms with van der Waals surface area (Å²) in [5, 5.41) is 9.05. The number of anilines is 1. The number of primary sulfonamides is 1. The number of hydrogen-bond acceptors (Lipinski definition) is 7. The minimum atomic E-state index is -3.76. The van der Waals surface area contributed by atoms with Crippen molar-refractivity contribution in [2.45, 2.75) is 4.90 Å². The molecule has 0 atom stereocenters.